The lowest BCUT2D eigenvalue weighted by molar-refractivity contribution is -0.0609. The zero-order valence-electron chi connectivity index (χ0n) is 17.7. The Morgan fingerprint density at radius 3 is 2.63 bits per heavy atom. The normalized spacial score (nSPS) is 23.1. The van der Waals surface area contributed by atoms with E-state index in [1.807, 2.05) is 25.1 Å². The van der Waals surface area contributed by atoms with Gasteiger partial charge in [0.15, 0.2) is 0 Å². The number of amides is 2. The topological polar surface area (TPSA) is 91.4 Å². The van der Waals surface area contributed by atoms with E-state index in [-0.39, 0.29) is 18.4 Å². The highest BCUT2D eigenvalue weighted by molar-refractivity contribution is 6.04. The van der Waals surface area contributed by atoms with Crippen LogP contribution in [0.2, 0.25) is 0 Å². The number of likely N-dealkylation sites (tertiary alicyclic amines) is 1. The third-order valence-corrected chi connectivity index (χ3v) is 6.47. The number of nitrogens with one attached hydrogen (secondary N) is 2. The average molecular weight is 423 g/mol. The fourth-order valence-electron chi connectivity index (χ4n) is 4.40. The van der Waals surface area contributed by atoms with Crippen molar-refractivity contribution < 1.29 is 18.3 Å². The number of ether oxygens (including phenoxy) is 1. The first kappa shape index (κ1) is 22.5. The Bertz CT molecular complexity index is 778. The van der Waals surface area contributed by atoms with Crippen LogP contribution in [-0.4, -0.2) is 48.8 Å². The first-order valence-corrected chi connectivity index (χ1v) is 10.7. The van der Waals surface area contributed by atoms with Crippen LogP contribution in [0.25, 0.3) is 0 Å². The summed E-state index contributed by atoms with van der Waals surface area (Å²) < 4.78 is 33.4. The van der Waals surface area contributed by atoms with E-state index in [2.05, 4.69) is 5.32 Å². The molecule has 1 saturated heterocycles. The SMILES string of the molecule is COC(C)c1cccc(C(=N)C2CCN(C(=O)NC3CCCCC3(F)F)CC2)c1N. The van der Waals surface area contributed by atoms with Gasteiger partial charge >= 0.3 is 6.03 Å². The molecule has 30 heavy (non-hydrogen) atoms. The Balaban J connectivity index is 1.59. The summed E-state index contributed by atoms with van der Waals surface area (Å²) in [4.78, 5) is 14.1. The number of halogens is 2. The molecule has 6 nitrogen and oxygen atoms in total. The fraction of sp³-hybridized carbons (Fsp3) is 0.636. The third kappa shape index (κ3) is 4.74. The molecule has 166 valence electrons. The Kier molecular flexibility index (Phi) is 6.95. The maximum Gasteiger partial charge on any atom is 0.317 e. The lowest BCUT2D eigenvalue weighted by Gasteiger charge is -2.36. The van der Waals surface area contributed by atoms with Crippen molar-refractivity contribution in [2.45, 2.75) is 63.5 Å². The number of benzene rings is 1. The number of rotatable bonds is 5. The van der Waals surface area contributed by atoms with E-state index in [1.54, 1.807) is 12.0 Å². The molecule has 2 amide bonds. The smallest absolute Gasteiger partial charge is 0.317 e. The summed E-state index contributed by atoms with van der Waals surface area (Å²) in [6, 6.07) is 4.10. The van der Waals surface area contributed by atoms with Crippen LogP contribution in [0.3, 0.4) is 0 Å². The number of alkyl halides is 2. The van der Waals surface area contributed by atoms with Gasteiger partial charge in [-0.3, -0.25) is 0 Å². The molecule has 1 saturated carbocycles. The first-order chi connectivity index (χ1) is 14.2. The summed E-state index contributed by atoms with van der Waals surface area (Å²) in [5.74, 6) is -2.86. The highest BCUT2D eigenvalue weighted by atomic mass is 19.3. The number of urea groups is 1. The summed E-state index contributed by atoms with van der Waals surface area (Å²) in [7, 11) is 1.62. The van der Waals surface area contributed by atoms with Crippen LogP contribution in [0.5, 0.6) is 0 Å². The molecular formula is C22H32F2N4O2. The largest absolute Gasteiger partial charge is 0.398 e. The molecule has 1 aliphatic heterocycles. The van der Waals surface area contributed by atoms with Gasteiger partial charge in [-0.1, -0.05) is 24.6 Å². The molecule has 1 aromatic carbocycles. The highest BCUT2D eigenvalue weighted by Crippen LogP contribution is 2.34. The van der Waals surface area contributed by atoms with Gasteiger partial charge in [0, 0.05) is 55.1 Å². The monoisotopic (exact) mass is 422 g/mol. The number of nitrogen functional groups attached to an aromatic ring is 1. The summed E-state index contributed by atoms with van der Waals surface area (Å²) in [5.41, 5.74) is 8.86. The fourth-order valence-corrected chi connectivity index (χ4v) is 4.40. The van der Waals surface area contributed by atoms with Gasteiger partial charge in [0.1, 0.15) is 0 Å². The van der Waals surface area contributed by atoms with E-state index in [9.17, 15) is 13.6 Å². The van der Waals surface area contributed by atoms with Gasteiger partial charge in [0.2, 0.25) is 0 Å². The molecule has 0 aromatic heterocycles. The van der Waals surface area contributed by atoms with Gasteiger partial charge in [-0.2, -0.15) is 0 Å². The Hall–Kier alpha value is -2.22. The average Bonchev–Trinajstić information content (AvgIpc) is 2.74. The van der Waals surface area contributed by atoms with E-state index in [0.717, 1.165) is 5.56 Å². The maximum absolute atomic E-state index is 14.0. The second-order valence-corrected chi connectivity index (χ2v) is 8.37. The van der Waals surface area contributed by atoms with Crippen molar-refractivity contribution in [1.82, 2.24) is 10.2 Å². The van der Waals surface area contributed by atoms with Gasteiger partial charge in [-0.15, -0.1) is 0 Å². The molecule has 0 spiro atoms. The summed E-state index contributed by atoms with van der Waals surface area (Å²) >= 11 is 0. The zero-order chi connectivity index (χ0) is 21.9. The van der Waals surface area contributed by atoms with Crippen molar-refractivity contribution in [2.75, 3.05) is 25.9 Å². The van der Waals surface area contributed by atoms with Gasteiger partial charge in [-0.05, 0) is 32.6 Å². The molecule has 8 heteroatoms. The number of anilines is 1. The summed E-state index contributed by atoms with van der Waals surface area (Å²) in [6.07, 6.45) is 2.41. The van der Waals surface area contributed by atoms with E-state index < -0.39 is 18.0 Å². The number of methoxy groups -OCH3 is 1. The molecule has 4 N–H and O–H groups in total. The number of nitrogens with two attached hydrogens (primary N) is 1. The number of hydrogen-bond donors (Lipinski definition) is 3. The second-order valence-electron chi connectivity index (χ2n) is 8.37. The van der Waals surface area contributed by atoms with Crippen molar-refractivity contribution in [1.29, 1.82) is 5.41 Å². The molecule has 3 rings (SSSR count). The molecule has 0 bridgehead atoms. The number of nitrogens with zero attached hydrogens (tertiary/aromatic N) is 1. The minimum atomic E-state index is -2.84. The predicted octanol–water partition coefficient (Wildman–Crippen LogP) is 4.34. The van der Waals surface area contributed by atoms with Crippen LogP contribution in [0, 0.1) is 11.3 Å². The van der Waals surface area contributed by atoms with Crippen LogP contribution < -0.4 is 11.1 Å². The summed E-state index contributed by atoms with van der Waals surface area (Å²) in [5, 5.41) is 11.2. The number of hydrogen-bond acceptors (Lipinski definition) is 4. The quantitative estimate of drug-likeness (QED) is 0.487. The van der Waals surface area contributed by atoms with E-state index in [4.69, 9.17) is 15.9 Å². The maximum atomic E-state index is 14.0. The van der Waals surface area contributed by atoms with Crippen LogP contribution in [0.1, 0.15) is 62.7 Å². The van der Waals surface area contributed by atoms with Crippen molar-refractivity contribution in [3.05, 3.63) is 29.3 Å². The molecule has 2 unspecified atom stereocenters. The lowest BCUT2D eigenvalue weighted by Crippen LogP contribution is -2.54. The molecule has 2 fully saturated rings. The highest BCUT2D eigenvalue weighted by Gasteiger charge is 2.43. The zero-order valence-corrected chi connectivity index (χ0v) is 17.7. The van der Waals surface area contributed by atoms with Crippen LogP contribution >= 0.6 is 0 Å². The minimum Gasteiger partial charge on any atom is -0.398 e. The van der Waals surface area contributed by atoms with Crippen LogP contribution in [0.4, 0.5) is 19.3 Å². The molecule has 2 aliphatic rings. The summed E-state index contributed by atoms with van der Waals surface area (Å²) in [6.45, 7) is 2.78. The Morgan fingerprint density at radius 2 is 2.00 bits per heavy atom. The van der Waals surface area contributed by atoms with Gasteiger partial charge in [0.05, 0.1) is 12.1 Å². The Labute approximate surface area is 176 Å². The number of para-hydroxylation sites is 1. The minimum absolute atomic E-state index is 0.0272. The molecule has 0 radical (unpaired) electrons. The van der Waals surface area contributed by atoms with Crippen molar-refractivity contribution in [3.8, 4) is 0 Å². The van der Waals surface area contributed by atoms with E-state index >= 15 is 0 Å². The second kappa shape index (κ2) is 9.29. The third-order valence-electron chi connectivity index (χ3n) is 6.47. The van der Waals surface area contributed by atoms with Gasteiger partial charge in [0.25, 0.3) is 5.92 Å². The number of piperidine rings is 1. The van der Waals surface area contributed by atoms with Crippen LogP contribution in [-0.2, 0) is 4.74 Å². The van der Waals surface area contributed by atoms with Gasteiger partial charge in [-0.25, -0.2) is 13.6 Å². The molecule has 2 atom stereocenters. The Morgan fingerprint density at radius 1 is 1.30 bits per heavy atom. The van der Waals surface area contributed by atoms with Crippen molar-refractivity contribution in [2.24, 2.45) is 5.92 Å². The van der Waals surface area contributed by atoms with Crippen molar-refractivity contribution >= 4 is 17.4 Å². The molecule has 1 aliphatic carbocycles. The first-order valence-electron chi connectivity index (χ1n) is 10.7. The number of carbonyl (C=O) groups is 1. The standard InChI is InChI=1S/C22H32F2N4O2/c1-14(30-2)16-6-5-7-17(20(16)26)19(25)15-9-12-28(13-10-15)21(29)27-18-8-3-4-11-22(18,23)24/h5-7,14-15,18,25H,3-4,8-13,26H2,1-2H3,(H,27,29). The van der Waals surface area contributed by atoms with E-state index in [1.165, 1.54) is 0 Å². The number of carbonyl (C=O) groups excluding carboxylic acids is 1. The van der Waals surface area contributed by atoms with Crippen molar-refractivity contribution in [3.63, 3.8) is 0 Å². The predicted molar refractivity (Wildman–Crippen MR) is 113 cm³/mol. The molecule has 1 heterocycles. The molecular weight excluding hydrogens is 390 g/mol. The molecule has 1 aromatic rings. The lowest BCUT2D eigenvalue weighted by atomic mass is 9.86. The van der Waals surface area contributed by atoms with Crippen LogP contribution in [0.15, 0.2) is 18.2 Å². The van der Waals surface area contributed by atoms with Gasteiger partial charge < -0.3 is 26.1 Å². The van der Waals surface area contributed by atoms with E-state index in [0.29, 0.717) is 62.2 Å².